The predicted octanol–water partition coefficient (Wildman–Crippen LogP) is 4.20. The number of nitrogens with zero attached hydrogens (tertiary/aromatic N) is 3. The monoisotopic (exact) mass is 516 g/mol. The molecule has 0 aliphatic carbocycles. The van der Waals surface area contributed by atoms with E-state index in [4.69, 9.17) is 16.3 Å². The highest BCUT2D eigenvalue weighted by atomic mass is 35.5. The average Bonchev–Trinajstić information content (AvgIpc) is 2.94. The molecule has 0 radical (unpaired) electrons. The molecule has 8 heteroatoms. The third-order valence-corrected chi connectivity index (χ3v) is 7.01. The molecule has 1 aliphatic heterocycles. The number of piperazine rings is 1. The van der Waals surface area contributed by atoms with E-state index in [1.165, 1.54) is 4.57 Å². The summed E-state index contributed by atoms with van der Waals surface area (Å²) in [6.07, 6.45) is 1.63. The first kappa shape index (κ1) is 24.9. The first-order chi connectivity index (χ1) is 18.0. The Balaban J connectivity index is 1.26. The maximum atomic E-state index is 13.3. The number of fused-ring (bicyclic) bond motifs is 1. The van der Waals surface area contributed by atoms with Gasteiger partial charge in [0, 0.05) is 72.6 Å². The first-order valence-electron chi connectivity index (χ1n) is 12.3. The van der Waals surface area contributed by atoms with Crippen LogP contribution in [-0.2, 0) is 0 Å². The van der Waals surface area contributed by atoms with Gasteiger partial charge >= 0.3 is 0 Å². The number of benzene rings is 3. The van der Waals surface area contributed by atoms with Crippen molar-refractivity contribution in [2.24, 2.45) is 0 Å². The lowest BCUT2D eigenvalue weighted by Crippen LogP contribution is -2.48. The SMILES string of the molecule is COc1ccc(-n2cc(C(=O)NCCN3CCN(c4cccc(Cl)c4)CC3)c3ccccc3c2=O)cc1. The van der Waals surface area contributed by atoms with Crippen molar-refractivity contribution in [3.8, 4) is 11.4 Å². The minimum atomic E-state index is -0.198. The van der Waals surface area contributed by atoms with Gasteiger partial charge in [0.25, 0.3) is 11.5 Å². The molecule has 7 nitrogen and oxygen atoms in total. The van der Waals surface area contributed by atoms with Crippen LogP contribution in [0.4, 0.5) is 5.69 Å². The largest absolute Gasteiger partial charge is 0.497 e. The summed E-state index contributed by atoms with van der Waals surface area (Å²) >= 11 is 6.14. The van der Waals surface area contributed by atoms with Gasteiger partial charge in [0.1, 0.15) is 5.75 Å². The summed E-state index contributed by atoms with van der Waals surface area (Å²) in [5, 5.41) is 4.95. The zero-order valence-electron chi connectivity index (χ0n) is 20.7. The van der Waals surface area contributed by atoms with E-state index in [0.717, 1.165) is 43.4 Å². The number of amides is 1. The van der Waals surface area contributed by atoms with E-state index >= 15 is 0 Å². The van der Waals surface area contributed by atoms with Crippen LogP contribution in [-0.4, -0.2) is 61.8 Å². The molecule has 1 amide bonds. The van der Waals surface area contributed by atoms with Crippen LogP contribution < -0.4 is 20.5 Å². The third kappa shape index (κ3) is 5.48. The van der Waals surface area contributed by atoms with Crippen molar-refractivity contribution in [3.05, 3.63) is 99.9 Å². The van der Waals surface area contributed by atoms with Crippen molar-refractivity contribution in [3.63, 3.8) is 0 Å². The standard InChI is InChI=1S/C29H29ClN4O3/c1-37-24-11-9-22(10-12-24)34-20-27(25-7-2-3-8-26(25)29(34)36)28(35)31-13-14-32-15-17-33(18-16-32)23-6-4-5-21(30)19-23/h2-12,19-20H,13-18H2,1H3,(H,31,35). The minimum Gasteiger partial charge on any atom is -0.497 e. The topological polar surface area (TPSA) is 66.8 Å². The number of methoxy groups -OCH3 is 1. The average molecular weight is 517 g/mol. The van der Waals surface area contributed by atoms with Gasteiger partial charge in [0.05, 0.1) is 12.7 Å². The van der Waals surface area contributed by atoms with Gasteiger partial charge in [0.2, 0.25) is 0 Å². The molecule has 1 aliphatic rings. The smallest absolute Gasteiger partial charge is 0.262 e. The molecule has 0 spiro atoms. The zero-order chi connectivity index (χ0) is 25.8. The fourth-order valence-electron chi connectivity index (χ4n) is 4.73. The first-order valence-corrected chi connectivity index (χ1v) is 12.7. The van der Waals surface area contributed by atoms with Gasteiger partial charge in [-0.3, -0.25) is 19.1 Å². The Hall–Kier alpha value is -3.81. The van der Waals surface area contributed by atoms with E-state index in [9.17, 15) is 9.59 Å². The fourth-order valence-corrected chi connectivity index (χ4v) is 4.92. The second-order valence-electron chi connectivity index (χ2n) is 9.03. The normalized spacial score (nSPS) is 14.1. The number of rotatable bonds is 7. The Labute approximate surface area is 220 Å². The van der Waals surface area contributed by atoms with Crippen molar-refractivity contribution in [1.29, 1.82) is 0 Å². The molecule has 3 aromatic carbocycles. The Bertz CT molecular complexity index is 1460. The van der Waals surface area contributed by atoms with Crippen molar-refractivity contribution < 1.29 is 9.53 Å². The number of aromatic nitrogens is 1. The molecule has 0 saturated carbocycles. The fraction of sp³-hybridized carbons (Fsp3) is 0.241. The Kier molecular flexibility index (Phi) is 7.44. The molecule has 5 rings (SSSR count). The minimum absolute atomic E-state index is 0.171. The maximum absolute atomic E-state index is 13.3. The quantitative estimate of drug-likeness (QED) is 0.399. The van der Waals surface area contributed by atoms with Gasteiger partial charge in [-0.2, -0.15) is 0 Å². The lowest BCUT2D eigenvalue weighted by atomic mass is 10.1. The van der Waals surface area contributed by atoms with Crippen LogP contribution in [0.3, 0.4) is 0 Å². The van der Waals surface area contributed by atoms with Gasteiger partial charge in [-0.15, -0.1) is 0 Å². The summed E-state index contributed by atoms with van der Waals surface area (Å²) in [6, 6.07) is 22.4. The highest BCUT2D eigenvalue weighted by Crippen LogP contribution is 2.21. The molecule has 190 valence electrons. The number of anilines is 1. The van der Waals surface area contributed by atoms with Crippen molar-refractivity contribution in [2.75, 3.05) is 51.3 Å². The van der Waals surface area contributed by atoms with Crippen molar-refractivity contribution >= 4 is 34.0 Å². The molecule has 0 atom stereocenters. The molecular weight excluding hydrogens is 488 g/mol. The number of ether oxygens (including phenoxy) is 1. The van der Waals surface area contributed by atoms with E-state index in [-0.39, 0.29) is 11.5 Å². The molecule has 2 heterocycles. The number of carbonyl (C=O) groups is 1. The van der Waals surface area contributed by atoms with Crippen molar-refractivity contribution in [2.45, 2.75) is 0 Å². The van der Waals surface area contributed by atoms with E-state index in [2.05, 4.69) is 21.2 Å². The van der Waals surface area contributed by atoms with Gasteiger partial charge in [0.15, 0.2) is 0 Å². The predicted molar refractivity (Wildman–Crippen MR) is 149 cm³/mol. The third-order valence-electron chi connectivity index (χ3n) is 6.78. The molecule has 37 heavy (non-hydrogen) atoms. The Morgan fingerprint density at radius 1 is 0.919 bits per heavy atom. The van der Waals surface area contributed by atoms with Crippen molar-refractivity contribution in [1.82, 2.24) is 14.8 Å². The van der Waals surface area contributed by atoms with E-state index in [1.807, 2.05) is 36.4 Å². The summed E-state index contributed by atoms with van der Waals surface area (Å²) in [6.45, 7) is 4.91. The summed E-state index contributed by atoms with van der Waals surface area (Å²) in [7, 11) is 1.60. The molecular formula is C29H29ClN4O3. The van der Waals surface area contributed by atoms with Gasteiger partial charge in [-0.1, -0.05) is 35.9 Å². The summed E-state index contributed by atoms with van der Waals surface area (Å²) in [5.41, 5.74) is 2.11. The number of hydrogen-bond donors (Lipinski definition) is 1. The summed E-state index contributed by atoms with van der Waals surface area (Å²) in [4.78, 5) is 31.2. The Morgan fingerprint density at radius 2 is 1.65 bits per heavy atom. The van der Waals surface area contributed by atoms with Crippen LogP contribution in [0.2, 0.25) is 5.02 Å². The maximum Gasteiger partial charge on any atom is 0.262 e. The summed E-state index contributed by atoms with van der Waals surface area (Å²) in [5.74, 6) is 0.500. The molecule has 0 bridgehead atoms. The molecule has 1 saturated heterocycles. The van der Waals surface area contributed by atoms with Gasteiger partial charge < -0.3 is 15.0 Å². The number of hydrogen-bond acceptors (Lipinski definition) is 5. The lowest BCUT2D eigenvalue weighted by molar-refractivity contribution is 0.0949. The number of halogens is 1. The van der Waals surface area contributed by atoms with E-state index in [1.54, 1.807) is 43.6 Å². The van der Waals surface area contributed by atoms with E-state index < -0.39 is 0 Å². The second kappa shape index (κ2) is 11.1. The highest BCUT2D eigenvalue weighted by molar-refractivity contribution is 6.30. The molecule has 1 N–H and O–H groups in total. The second-order valence-corrected chi connectivity index (χ2v) is 9.46. The molecule has 4 aromatic rings. The number of carbonyl (C=O) groups excluding carboxylic acids is 1. The Morgan fingerprint density at radius 3 is 2.35 bits per heavy atom. The van der Waals surface area contributed by atoms with Crippen LogP contribution in [0.25, 0.3) is 16.5 Å². The van der Waals surface area contributed by atoms with Crippen LogP contribution in [0.5, 0.6) is 5.75 Å². The van der Waals surface area contributed by atoms with Crippen LogP contribution in [0.1, 0.15) is 10.4 Å². The number of pyridine rings is 1. The molecule has 1 aromatic heterocycles. The van der Waals surface area contributed by atoms with Crippen LogP contribution in [0.15, 0.2) is 83.8 Å². The number of nitrogens with one attached hydrogen (secondary N) is 1. The summed E-state index contributed by atoms with van der Waals surface area (Å²) < 4.78 is 6.75. The van der Waals surface area contributed by atoms with Gasteiger partial charge in [-0.05, 0) is 48.5 Å². The zero-order valence-corrected chi connectivity index (χ0v) is 21.4. The van der Waals surface area contributed by atoms with E-state index in [0.29, 0.717) is 34.3 Å². The van der Waals surface area contributed by atoms with Crippen LogP contribution in [0, 0.1) is 0 Å². The van der Waals surface area contributed by atoms with Crippen LogP contribution >= 0.6 is 11.6 Å². The molecule has 0 unspecified atom stereocenters. The lowest BCUT2D eigenvalue weighted by Gasteiger charge is -2.36. The highest BCUT2D eigenvalue weighted by Gasteiger charge is 2.19. The molecule has 1 fully saturated rings. The van der Waals surface area contributed by atoms with Gasteiger partial charge in [-0.25, -0.2) is 0 Å².